The molecule has 96 valence electrons. The Kier molecular flexibility index (Phi) is 4.42. The standard InChI is InChI=1S/C12H13NO5/c1-3-18-12(17)10(14)13-8-6-4-5-7(2)9(8)11(15)16/h4-6H,3H2,1-2H3,(H,13,14)(H,15,16). The van der Waals surface area contributed by atoms with Gasteiger partial charge in [0, 0.05) is 0 Å². The number of anilines is 1. The second-order valence-corrected chi connectivity index (χ2v) is 3.48. The third-order valence-electron chi connectivity index (χ3n) is 2.20. The quantitative estimate of drug-likeness (QED) is 0.622. The Labute approximate surface area is 104 Å². The van der Waals surface area contributed by atoms with E-state index in [4.69, 9.17) is 5.11 Å². The fraction of sp³-hybridized carbons (Fsp3) is 0.250. The summed E-state index contributed by atoms with van der Waals surface area (Å²) in [6, 6.07) is 4.60. The van der Waals surface area contributed by atoms with Crippen LogP contribution in [0.3, 0.4) is 0 Å². The van der Waals surface area contributed by atoms with Gasteiger partial charge in [0.2, 0.25) is 0 Å². The first-order valence-corrected chi connectivity index (χ1v) is 5.28. The average molecular weight is 251 g/mol. The molecule has 1 aromatic carbocycles. The molecular weight excluding hydrogens is 238 g/mol. The zero-order valence-electron chi connectivity index (χ0n) is 10.0. The molecule has 0 saturated carbocycles. The number of carbonyl (C=O) groups is 3. The summed E-state index contributed by atoms with van der Waals surface area (Å²) in [6.45, 7) is 3.25. The Hall–Kier alpha value is -2.37. The smallest absolute Gasteiger partial charge is 0.397 e. The fourth-order valence-electron chi connectivity index (χ4n) is 1.43. The van der Waals surface area contributed by atoms with Crippen LogP contribution >= 0.6 is 0 Å². The molecule has 0 heterocycles. The lowest BCUT2D eigenvalue weighted by molar-refractivity contribution is -0.152. The van der Waals surface area contributed by atoms with Crippen molar-refractivity contribution < 1.29 is 24.2 Å². The number of aryl methyl sites for hydroxylation is 1. The van der Waals surface area contributed by atoms with Crippen LogP contribution in [0.15, 0.2) is 18.2 Å². The van der Waals surface area contributed by atoms with Gasteiger partial charge < -0.3 is 15.2 Å². The maximum Gasteiger partial charge on any atom is 0.397 e. The van der Waals surface area contributed by atoms with E-state index < -0.39 is 17.8 Å². The largest absolute Gasteiger partial charge is 0.478 e. The summed E-state index contributed by atoms with van der Waals surface area (Å²) in [5.74, 6) is -3.22. The SMILES string of the molecule is CCOC(=O)C(=O)Nc1cccc(C)c1C(=O)O. The second-order valence-electron chi connectivity index (χ2n) is 3.48. The molecule has 0 aliphatic rings. The third kappa shape index (κ3) is 3.07. The number of hydrogen-bond acceptors (Lipinski definition) is 4. The van der Waals surface area contributed by atoms with E-state index in [0.29, 0.717) is 5.56 Å². The molecule has 0 saturated heterocycles. The maximum atomic E-state index is 11.4. The molecule has 1 amide bonds. The lowest BCUT2D eigenvalue weighted by Crippen LogP contribution is -2.26. The molecule has 18 heavy (non-hydrogen) atoms. The van der Waals surface area contributed by atoms with E-state index in [9.17, 15) is 14.4 Å². The zero-order chi connectivity index (χ0) is 13.7. The number of carboxylic acids is 1. The predicted molar refractivity (Wildman–Crippen MR) is 63.4 cm³/mol. The molecule has 6 nitrogen and oxygen atoms in total. The van der Waals surface area contributed by atoms with Crippen LogP contribution in [0.5, 0.6) is 0 Å². The highest BCUT2D eigenvalue weighted by Crippen LogP contribution is 2.19. The normalized spacial score (nSPS) is 9.67. The van der Waals surface area contributed by atoms with Gasteiger partial charge in [0.15, 0.2) is 0 Å². The summed E-state index contributed by atoms with van der Waals surface area (Å²) in [5.41, 5.74) is 0.514. The van der Waals surface area contributed by atoms with Gasteiger partial charge in [0.25, 0.3) is 0 Å². The summed E-state index contributed by atoms with van der Waals surface area (Å²) in [4.78, 5) is 33.6. The van der Waals surface area contributed by atoms with Crippen LogP contribution in [0, 0.1) is 6.92 Å². The second kappa shape index (κ2) is 5.81. The van der Waals surface area contributed by atoms with E-state index in [1.807, 2.05) is 0 Å². The van der Waals surface area contributed by atoms with E-state index in [1.54, 1.807) is 26.0 Å². The number of hydrogen-bond donors (Lipinski definition) is 2. The summed E-state index contributed by atoms with van der Waals surface area (Å²) >= 11 is 0. The molecule has 6 heteroatoms. The molecule has 0 fully saturated rings. The number of ether oxygens (including phenoxy) is 1. The Morgan fingerprint density at radius 2 is 2.00 bits per heavy atom. The van der Waals surface area contributed by atoms with Crippen LogP contribution < -0.4 is 5.32 Å². The van der Waals surface area contributed by atoms with Crippen molar-refractivity contribution in [3.05, 3.63) is 29.3 Å². The van der Waals surface area contributed by atoms with Gasteiger partial charge >= 0.3 is 17.8 Å². The number of amides is 1. The van der Waals surface area contributed by atoms with Crippen molar-refractivity contribution in [3.8, 4) is 0 Å². The van der Waals surface area contributed by atoms with E-state index in [-0.39, 0.29) is 17.9 Å². The van der Waals surface area contributed by atoms with Crippen molar-refractivity contribution in [3.63, 3.8) is 0 Å². The lowest BCUT2D eigenvalue weighted by Gasteiger charge is -2.09. The summed E-state index contributed by atoms with van der Waals surface area (Å²) in [7, 11) is 0. The van der Waals surface area contributed by atoms with E-state index >= 15 is 0 Å². The summed E-state index contributed by atoms with van der Waals surface area (Å²) in [6.07, 6.45) is 0. The first-order chi connectivity index (χ1) is 8.47. The Morgan fingerprint density at radius 1 is 1.33 bits per heavy atom. The topological polar surface area (TPSA) is 92.7 Å². The van der Waals surface area contributed by atoms with Gasteiger partial charge in [-0.1, -0.05) is 12.1 Å². The van der Waals surface area contributed by atoms with Crippen LogP contribution in [0.25, 0.3) is 0 Å². The first-order valence-electron chi connectivity index (χ1n) is 5.28. The highest BCUT2D eigenvalue weighted by molar-refractivity contribution is 6.37. The number of aromatic carboxylic acids is 1. The van der Waals surface area contributed by atoms with Crippen molar-refractivity contribution in [2.75, 3.05) is 11.9 Å². The molecule has 0 spiro atoms. The minimum Gasteiger partial charge on any atom is -0.478 e. The average Bonchev–Trinajstić information content (AvgIpc) is 2.28. The van der Waals surface area contributed by atoms with Crippen LogP contribution in [-0.2, 0) is 14.3 Å². The van der Waals surface area contributed by atoms with E-state index in [2.05, 4.69) is 10.1 Å². The number of esters is 1. The molecule has 1 aromatic rings. The van der Waals surface area contributed by atoms with Crippen molar-refractivity contribution in [2.24, 2.45) is 0 Å². The third-order valence-corrected chi connectivity index (χ3v) is 2.20. The Bertz CT molecular complexity index is 495. The molecule has 0 radical (unpaired) electrons. The first kappa shape index (κ1) is 13.7. The highest BCUT2D eigenvalue weighted by atomic mass is 16.5. The van der Waals surface area contributed by atoms with Crippen LogP contribution in [0.4, 0.5) is 5.69 Å². The maximum absolute atomic E-state index is 11.4. The van der Waals surface area contributed by atoms with Gasteiger partial charge in [0.05, 0.1) is 17.9 Å². The van der Waals surface area contributed by atoms with Crippen molar-refractivity contribution in [1.29, 1.82) is 0 Å². The zero-order valence-corrected chi connectivity index (χ0v) is 10.0. The van der Waals surface area contributed by atoms with Crippen LogP contribution in [-0.4, -0.2) is 29.6 Å². The van der Waals surface area contributed by atoms with E-state index in [1.165, 1.54) is 6.07 Å². The monoisotopic (exact) mass is 251 g/mol. The number of carbonyl (C=O) groups excluding carboxylic acids is 2. The Morgan fingerprint density at radius 3 is 2.56 bits per heavy atom. The summed E-state index contributed by atoms with van der Waals surface area (Å²) < 4.78 is 4.51. The van der Waals surface area contributed by atoms with Gasteiger partial charge in [-0.05, 0) is 25.5 Å². The molecule has 0 bridgehead atoms. The predicted octanol–water partition coefficient (Wildman–Crippen LogP) is 1.19. The van der Waals surface area contributed by atoms with Crippen LogP contribution in [0.1, 0.15) is 22.8 Å². The number of rotatable bonds is 3. The molecule has 0 aromatic heterocycles. The fourth-order valence-corrected chi connectivity index (χ4v) is 1.43. The van der Waals surface area contributed by atoms with Crippen molar-refractivity contribution >= 4 is 23.5 Å². The van der Waals surface area contributed by atoms with Gasteiger partial charge in [-0.25, -0.2) is 9.59 Å². The van der Waals surface area contributed by atoms with Gasteiger partial charge in [-0.15, -0.1) is 0 Å². The number of nitrogens with one attached hydrogen (secondary N) is 1. The lowest BCUT2D eigenvalue weighted by atomic mass is 10.1. The molecule has 0 aliphatic heterocycles. The van der Waals surface area contributed by atoms with Gasteiger partial charge in [-0.2, -0.15) is 0 Å². The molecular formula is C12H13NO5. The highest BCUT2D eigenvalue weighted by Gasteiger charge is 2.19. The molecule has 2 N–H and O–H groups in total. The van der Waals surface area contributed by atoms with Crippen molar-refractivity contribution in [2.45, 2.75) is 13.8 Å². The molecule has 0 atom stereocenters. The summed E-state index contributed by atoms with van der Waals surface area (Å²) in [5, 5.41) is 11.3. The minimum absolute atomic E-state index is 0.0462. The molecule has 0 aliphatic carbocycles. The minimum atomic E-state index is -1.17. The number of benzene rings is 1. The van der Waals surface area contributed by atoms with E-state index in [0.717, 1.165) is 0 Å². The molecule has 0 unspecified atom stereocenters. The van der Waals surface area contributed by atoms with Gasteiger partial charge in [-0.3, -0.25) is 4.79 Å². The van der Waals surface area contributed by atoms with Crippen molar-refractivity contribution in [1.82, 2.24) is 0 Å². The van der Waals surface area contributed by atoms with Gasteiger partial charge in [0.1, 0.15) is 0 Å². The number of carboxylic acid groups (broad SMARTS) is 1. The van der Waals surface area contributed by atoms with Crippen LogP contribution in [0.2, 0.25) is 0 Å². The Balaban J connectivity index is 2.98. The molecule has 1 rings (SSSR count).